The molecule has 2 atom stereocenters. The molecule has 0 aromatic heterocycles. The van der Waals surface area contributed by atoms with E-state index >= 15 is 0 Å². The molecule has 2 N–H and O–H groups in total. The Kier molecular flexibility index (Phi) is 3.42. The van der Waals surface area contributed by atoms with E-state index in [2.05, 4.69) is 17.3 Å². The van der Waals surface area contributed by atoms with Crippen molar-refractivity contribution in [2.75, 3.05) is 26.7 Å². The highest BCUT2D eigenvalue weighted by atomic mass is 16.3. The van der Waals surface area contributed by atoms with Gasteiger partial charge in [-0.1, -0.05) is 6.42 Å². The van der Waals surface area contributed by atoms with Gasteiger partial charge in [0.1, 0.15) is 0 Å². The van der Waals surface area contributed by atoms with Crippen LogP contribution in [0.2, 0.25) is 0 Å². The summed E-state index contributed by atoms with van der Waals surface area (Å²) in [5.74, 6) is 0.493. The van der Waals surface area contributed by atoms with Crippen LogP contribution < -0.4 is 5.32 Å². The molecule has 0 aromatic rings. The van der Waals surface area contributed by atoms with Crippen LogP contribution >= 0.6 is 0 Å². The number of rotatable bonds is 4. The number of nitrogens with one attached hydrogen (secondary N) is 1. The molecular formula is C11H22N2O. The minimum Gasteiger partial charge on any atom is -0.391 e. The number of aliphatic hydroxyl groups excluding tert-OH is 1. The van der Waals surface area contributed by atoms with Crippen molar-refractivity contribution in [3.8, 4) is 0 Å². The van der Waals surface area contributed by atoms with Gasteiger partial charge in [0.25, 0.3) is 0 Å². The summed E-state index contributed by atoms with van der Waals surface area (Å²) in [5, 5.41) is 13.4. The van der Waals surface area contributed by atoms with E-state index in [0.717, 1.165) is 26.1 Å². The van der Waals surface area contributed by atoms with Crippen LogP contribution in [0.1, 0.15) is 25.7 Å². The van der Waals surface area contributed by atoms with Crippen LogP contribution in [0.25, 0.3) is 0 Å². The van der Waals surface area contributed by atoms with Gasteiger partial charge in [-0.2, -0.15) is 0 Å². The molecule has 1 aliphatic carbocycles. The Balaban J connectivity index is 1.64. The predicted octanol–water partition coefficient (Wildman–Crippen LogP) is 0.441. The SMILES string of the molecule is CN1CCC(C(O)CNC2CCC2)C1. The van der Waals surface area contributed by atoms with Gasteiger partial charge < -0.3 is 15.3 Å². The van der Waals surface area contributed by atoms with Crippen molar-refractivity contribution in [1.29, 1.82) is 0 Å². The second-order valence-electron chi connectivity index (χ2n) is 4.91. The van der Waals surface area contributed by atoms with Crippen LogP contribution in [-0.2, 0) is 0 Å². The summed E-state index contributed by atoms with van der Waals surface area (Å²) in [5.41, 5.74) is 0. The van der Waals surface area contributed by atoms with Gasteiger partial charge in [-0.05, 0) is 38.8 Å². The third-order valence-electron chi connectivity index (χ3n) is 3.69. The molecule has 0 bridgehead atoms. The summed E-state index contributed by atoms with van der Waals surface area (Å²) in [7, 11) is 2.13. The molecule has 0 radical (unpaired) electrons. The number of nitrogens with zero attached hydrogens (tertiary/aromatic N) is 1. The fraction of sp³-hybridized carbons (Fsp3) is 1.00. The molecular weight excluding hydrogens is 176 g/mol. The van der Waals surface area contributed by atoms with E-state index in [1.165, 1.54) is 19.3 Å². The van der Waals surface area contributed by atoms with Crippen molar-refractivity contribution in [3.05, 3.63) is 0 Å². The highest BCUT2D eigenvalue weighted by Crippen LogP contribution is 2.20. The van der Waals surface area contributed by atoms with Gasteiger partial charge in [0.05, 0.1) is 6.10 Å². The van der Waals surface area contributed by atoms with Crippen molar-refractivity contribution in [2.45, 2.75) is 37.8 Å². The summed E-state index contributed by atoms with van der Waals surface area (Å²) >= 11 is 0. The average molecular weight is 198 g/mol. The Morgan fingerprint density at radius 2 is 2.21 bits per heavy atom. The Morgan fingerprint density at radius 1 is 1.43 bits per heavy atom. The third kappa shape index (κ3) is 2.47. The molecule has 1 saturated carbocycles. The Bertz CT molecular complexity index is 182. The third-order valence-corrected chi connectivity index (χ3v) is 3.69. The number of hydrogen-bond donors (Lipinski definition) is 2. The van der Waals surface area contributed by atoms with Gasteiger partial charge >= 0.3 is 0 Å². The molecule has 2 aliphatic rings. The topological polar surface area (TPSA) is 35.5 Å². The summed E-state index contributed by atoms with van der Waals surface area (Å²) in [4.78, 5) is 2.30. The zero-order valence-electron chi connectivity index (χ0n) is 9.08. The first-order valence-corrected chi connectivity index (χ1v) is 5.85. The summed E-state index contributed by atoms with van der Waals surface area (Å²) < 4.78 is 0. The second kappa shape index (κ2) is 4.60. The summed E-state index contributed by atoms with van der Waals surface area (Å²) in [6.07, 6.45) is 4.99. The van der Waals surface area contributed by atoms with E-state index in [1.807, 2.05) is 0 Å². The van der Waals surface area contributed by atoms with Gasteiger partial charge in [-0.15, -0.1) is 0 Å². The van der Waals surface area contributed by atoms with Crippen molar-refractivity contribution in [3.63, 3.8) is 0 Å². The molecule has 0 amide bonds. The highest BCUT2D eigenvalue weighted by molar-refractivity contribution is 4.83. The molecule has 2 rings (SSSR count). The Hall–Kier alpha value is -0.120. The molecule has 0 aromatic carbocycles. The number of likely N-dealkylation sites (tertiary alicyclic amines) is 1. The first kappa shape index (κ1) is 10.4. The second-order valence-corrected chi connectivity index (χ2v) is 4.91. The zero-order chi connectivity index (χ0) is 9.97. The van der Waals surface area contributed by atoms with Crippen LogP contribution in [-0.4, -0.2) is 48.8 Å². The monoisotopic (exact) mass is 198 g/mol. The van der Waals surface area contributed by atoms with E-state index in [4.69, 9.17) is 0 Å². The lowest BCUT2D eigenvalue weighted by molar-refractivity contribution is 0.103. The van der Waals surface area contributed by atoms with Gasteiger partial charge in [0.2, 0.25) is 0 Å². The summed E-state index contributed by atoms with van der Waals surface area (Å²) in [6, 6.07) is 0.698. The molecule has 1 aliphatic heterocycles. The minimum absolute atomic E-state index is 0.138. The van der Waals surface area contributed by atoms with Crippen LogP contribution in [0, 0.1) is 5.92 Å². The molecule has 3 heteroatoms. The maximum atomic E-state index is 9.95. The van der Waals surface area contributed by atoms with Crippen LogP contribution in [0.3, 0.4) is 0 Å². The van der Waals surface area contributed by atoms with Crippen molar-refractivity contribution in [2.24, 2.45) is 5.92 Å². The summed E-state index contributed by atoms with van der Waals surface area (Å²) in [6.45, 7) is 3.00. The molecule has 82 valence electrons. The molecule has 1 heterocycles. The molecule has 0 spiro atoms. The van der Waals surface area contributed by atoms with E-state index in [9.17, 15) is 5.11 Å². The van der Waals surface area contributed by atoms with E-state index in [0.29, 0.717) is 12.0 Å². The van der Waals surface area contributed by atoms with Gasteiger partial charge in [-0.3, -0.25) is 0 Å². The normalized spacial score (nSPS) is 31.7. The number of hydrogen-bond acceptors (Lipinski definition) is 3. The van der Waals surface area contributed by atoms with E-state index in [1.54, 1.807) is 0 Å². The quantitative estimate of drug-likeness (QED) is 0.688. The maximum Gasteiger partial charge on any atom is 0.0705 e. The molecule has 14 heavy (non-hydrogen) atoms. The van der Waals surface area contributed by atoms with Gasteiger partial charge in [0.15, 0.2) is 0 Å². The average Bonchev–Trinajstić information content (AvgIpc) is 2.49. The van der Waals surface area contributed by atoms with Crippen LogP contribution in [0.5, 0.6) is 0 Å². The lowest BCUT2D eigenvalue weighted by atomic mass is 9.92. The van der Waals surface area contributed by atoms with Gasteiger partial charge in [-0.25, -0.2) is 0 Å². The lowest BCUT2D eigenvalue weighted by Crippen LogP contribution is -2.42. The largest absolute Gasteiger partial charge is 0.391 e. The van der Waals surface area contributed by atoms with E-state index < -0.39 is 0 Å². The molecule has 2 unspecified atom stereocenters. The zero-order valence-corrected chi connectivity index (χ0v) is 9.08. The fourth-order valence-corrected chi connectivity index (χ4v) is 2.35. The molecule has 3 nitrogen and oxygen atoms in total. The lowest BCUT2D eigenvalue weighted by Gasteiger charge is -2.29. The van der Waals surface area contributed by atoms with Crippen LogP contribution in [0.4, 0.5) is 0 Å². The van der Waals surface area contributed by atoms with E-state index in [-0.39, 0.29) is 6.10 Å². The standard InChI is InChI=1S/C11H22N2O/c1-13-6-5-9(8-13)11(14)7-12-10-3-2-4-10/h9-12,14H,2-8H2,1H3. The first-order chi connectivity index (χ1) is 6.75. The van der Waals surface area contributed by atoms with Crippen molar-refractivity contribution < 1.29 is 5.11 Å². The van der Waals surface area contributed by atoms with Crippen LogP contribution in [0.15, 0.2) is 0 Å². The predicted molar refractivity (Wildman–Crippen MR) is 57.3 cm³/mol. The highest BCUT2D eigenvalue weighted by Gasteiger charge is 2.27. The Labute approximate surface area is 86.5 Å². The number of aliphatic hydroxyl groups is 1. The molecule has 1 saturated heterocycles. The maximum absolute atomic E-state index is 9.95. The fourth-order valence-electron chi connectivity index (χ4n) is 2.35. The Morgan fingerprint density at radius 3 is 2.71 bits per heavy atom. The van der Waals surface area contributed by atoms with Crippen molar-refractivity contribution in [1.82, 2.24) is 10.2 Å². The smallest absolute Gasteiger partial charge is 0.0705 e. The van der Waals surface area contributed by atoms with Crippen molar-refractivity contribution >= 4 is 0 Å². The van der Waals surface area contributed by atoms with Gasteiger partial charge in [0, 0.05) is 19.1 Å². The minimum atomic E-state index is -0.138. The molecule has 2 fully saturated rings. The first-order valence-electron chi connectivity index (χ1n) is 5.85.